The summed E-state index contributed by atoms with van der Waals surface area (Å²) in [6.45, 7) is 8.09. The van der Waals surface area contributed by atoms with E-state index in [0.717, 1.165) is 11.1 Å². The van der Waals surface area contributed by atoms with E-state index in [4.69, 9.17) is 4.74 Å². The van der Waals surface area contributed by atoms with Crippen molar-refractivity contribution in [3.63, 3.8) is 0 Å². The predicted molar refractivity (Wildman–Crippen MR) is 177 cm³/mol. The first kappa shape index (κ1) is 35.8. The van der Waals surface area contributed by atoms with Crippen LogP contribution in [0.1, 0.15) is 50.8 Å². The Labute approximate surface area is 271 Å². The lowest BCUT2D eigenvalue weighted by Gasteiger charge is -2.26. The maximum Gasteiger partial charge on any atom is 0.408 e. The molecule has 246 valence electrons. The zero-order valence-corrected chi connectivity index (χ0v) is 27.0. The Kier molecular flexibility index (Phi) is 14.2. The van der Waals surface area contributed by atoms with E-state index in [1.54, 1.807) is 26.0 Å². The van der Waals surface area contributed by atoms with Gasteiger partial charge in [-0.15, -0.1) is 0 Å². The van der Waals surface area contributed by atoms with Gasteiger partial charge in [-0.25, -0.2) is 4.79 Å². The van der Waals surface area contributed by atoms with Gasteiger partial charge in [0, 0.05) is 6.42 Å². The summed E-state index contributed by atoms with van der Waals surface area (Å²) < 4.78 is 5.30. The average molecular weight is 631 g/mol. The molecule has 0 spiro atoms. The van der Waals surface area contributed by atoms with Crippen LogP contribution in [-0.2, 0) is 38.6 Å². The van der Waals surface area contributed by atoms with E-state index in [2.05, 4.69) is 21.3 Å². The molecular weight excluding hydrogens is 584 g/mol. The molecule has 0 fully saturated rings. The summed E-state index contributed by atoms with van der Waals surface area (Å²) in [5, 5.41) is 20.8. The van der Waals surface area contributed by atoms with E-state index < -0.39 is 41.9 Å². The van der Waals surface area contributed by atoms with Gasteiger partial charge in [-0.1, -0.05) is 100 Å². The van der Waals surface area contributed by atoms with Crippen molar-refractivity contribution in [1.82, 2.24) is 21.3 Å². The largest absolute Gasteiger partial charge is 0.508 e. The number of carbonyl (C=O) groups is 4. The number of carbonyl (C=O) groups excluding carboxylic acids is 4. The molecule has 0 aliphatic carbocycles. The molecule has 0 heterocycles. The first-order valence-electron chi connectivity index (χ1n) is 15.7. The molecule has 3 aromatic rings. The van der Waals surface area contributed by atoms with Gasteiger partial charge in [-0.2, -0.15) is 0 Å². The average Bonchev–Trinajstić information content (AvgIpc) is 3.03. The minimum absolute atomic E-state index is 0.0318. The van der Waals surface area contributed by atoms with Gasteiger partial charge in [-0.3, -0.25) is 19.7 Å². The van der Waals surface area contributed by atoms with Crippen molar-refractivity contribution < 1.29 is 29.0 Å². The molecule has 0 bridgehead atoms. The second-order valence-electron chi connectivity index (χ2n) is 12.1. The number of hydrogen-bond acceptors (Lipinski definition) is 7. The molecule has 0 aliphatic heterocycles. The van der Waals surface area contributed by atoms with Crippen LogP contribution in [0.15, 0.2) is 84.9 Å². The zero-order chi connectivity index (χ0) is 33.5. The van der Waals surface area contributed by atoms with E-state index in [9.17, 15) is 24.3 Å². The fraction of sp³-hybridized carbons (Fsp3) is 0.389. The van der Waals surface area contributed by atoms with Crippen molar-refractivity contribution >= 4 is 23.8 Å². The normalized spacial score (nSPS) is 13.0. The van der Waals surface area contributed by atoms with Crippen LogP contribution in [-0.4, -0.2) is 53.6 Å². The molecule has 0 unspecified atom stereocenters. The summed E-state index contributed by atoms with van der Waals surface area (Å²) >= 11 is 0. The van der Waals surface area contributed by atoms with Gasteiger partial charge in [0.25, 0.3) is 0 Å². The molecule has 0 saturated carbocycles. The Morgan fingerprint density at radius 2 is 1.28 bits per heavy atom. The topological polar surface area (TPSA) is 146 Å². The number of benzene rings is 3. The minimum Gasteiger partial charge on any atom is -0.508 e. The maximum atomic E-state index is 13.6. The Morgan fingerprint density at radius 1 is 0.696 bits per heavy atom. The lowest BCUT2D eigenvalue weighted by Crippen LogP contribution is -2.58. The Bertz CT molecular complexity index is 1400. The van der Waals surface area contributed by atoms with Crippen molar-refractivity contribution in [2.45, 2.75) is 71.7 Å². The van der Waals surface area contributed by atoms with Gasteiger partial charge in [0.15, 0.2) is 0 Å². The van der Waals surface area contributed by atoms with Gasteiger partial charge >= 0.3 is 6.09 Å². The molecule has 3 rings (SSSR count). The van der Waals surface area contributed by atoms with E-state index in [-0.39, 0.29) is 30.6 Å². The van der Waals surface area contributed by atoms with Crippen LogP contribution < -0.4 is 21.3 Å². The van der Waals surface area contributed by atoms with Gasteiger partial charge in [0.1, 0.15) is 24.4 Å². The van der Waals surface area contributed by atoms with E-state index in [1.807, 2.05) is 74.5 Å². The molecule has 46 heavy (non-hydrogen) atoms. The summed E-state index contributed by atoms with van der Waals surface area (Å²) in [7, 11) is 0. The minimum atomic E-state index is -1.14. The highest BCUT2D eigenvalue weighted by Gasteiger charge is 2.31. The molecule has 10 nitrogen and oxygen atoms in total. The predicted octanol–water partition coefficient (Wildman–Crippen LogP) is 4.26. The molecule has 5 N–H and O–H groups in total. The van der Waals surface area contributed by atoms with Crippen molar-refractivity contribution in [2.75, 3.05) is 6.54 Å². The lowest BCUT2D eigenvalue weighted by atomic mass is 10.00. The molecular formula is C36H46N4O6. The number of aromatic hydroxyl groups is 1. The number of ether oxygens (including phenoxy) is 1. The highest BCUT2D eigenvalue weighted by atomic mass is 16.5. The fourth-order valence-corrected chi connectivity index (χ4v) is 4.85. The molecule has 4 amide bonds. The molecule has 3 atom stereocenters. The van der Waals surface area contributed by atoms with Crippen LogP contribution in [0.3, 0.4) is 0 Å². The third-order valence-corrected chi connectivity index (χ3v) is 7.36. The number of phenolic OH excluding ortho intramolecular Hbond substituents is 1. The molecule has 0 saturated heterocycles. The maximum absolute atomic E-state index is 13.6. The molecule has 0 aromatic heterocycles. The molecule has 0 radical (unpaired) electrons. The lowest BCUT2D eigenvalue weighted by molar-refractivity contribution is -0.135. The monoisotopic (exact) mass is 630 g/mol. The van der Waals surface area contributed by atoms with Crippen molar-refractivity contribution in [2.24, 2.45) is 11.8 Å². The van der Waals surface area contributed by atoms with Crippen LogP contribution in [0.25, 0.3) is 0 Å². The number of rotatable bonds is 16. The van der Waals surface area contributed by atoms with Crippen LogP contribution in [0, 0.1) is 11.8 Å². The van der Waals surface area contributed by atoms with Crippen LogP contribution >= 0.6 is 0 Å². The van der Waals surface area contributed by atoms with Crippen molar-refractivity contribution in [3.8, 4) is 5.75 Å². The van der Waals surface area contributed by atoms with E-state index in [1.165, 1.54) is 12.1 Å². The number of hydrogen-bond donors (Lipinski definition) is 5. The highest BCUT2D eigenvalue weighted by molar-refractivity contribution is 6.01. The van der Waals surface area contributed by atoms with E-state index in [0.29, 0.717) is 24.9 Å². The van der Waals surface area contributed by atoms with Gasteiger partial charge in [0.05, 0.1) is 6.04 Å². The summed E-state index contributed by atoms with van der Waals surface area (Å²) in [5.41, 5.74) is 2.58. The SMILES string of the molecule is CC(C)C[C@H](NCCc1ccccc1)C(=O)NC(=O)[C@H](Cc1ccc(O)cc1)NC(=O)[C@@H](NC(=O)OCc1ccccc1)C(C)C. The molecule has 3 aromatic carbocycles. The van der Waals surface area contributed by atoms with Crippen LogP contribution in [0.2, 0.25) is 0 Å². The summed E-state index contributed by atoms with van der Waals surface area (Å²) in [6.07, 6.45) is 0.497. The van der Waals surface area contributed by atoms with Gasteiger partial charge < -0.3 is 25.8 Å². The summed E-state index contributed by atoms with van der Waals surface area (Å²) in [6, 6.07) is 22.5. The standard InChI is InChI=1S/C36H46N4O6/c1-24(2)21-30(37-20-19-26-11-7-5-8-12-26)33(42)40-34(43)31(22-27-15-17-29(41)18-16-27)38-35(44)32(25(3)4)39-36(45)46-23-28-13-9-6-10-14-28/h5-18,24-25,30-32,37,41H,19-23H2,1-4H3,(H,38,44)(H,39,45)(H,40,42,43)/t30-,31-,32-/m0/s1. The number of amides is 4. The highest BCUT2D eigenvalue weighted by Crippen LogP contribution is 2.13. The van der Waals surface area contributed by atoms with Crippen molar-refractivity contribution in [3.05, 3.63) is 102 Å². The fourth-order valence-electron chi connectivity index (χ4n) is 4.85. The number of phenols is 1. The first-order valence-corrected chi connectivity index (χ1v) is 15.7. The molecule has 10 heteroatoms. The van der Waals surface area contributed by atoms with E-state index >= 15 is 0 Å². The summed E-state index contributed by atoms with van der Waals surface area (Å²) in [4.78, 5) is 53.1. The smallest absolute Gasteiger partial charge is 0.408 e. The zero-order valence-electron chi connectivity index (χ0n) is 27.0. The van der Waals surface area contributed by atoms with Crippen LogP contribution in [0.4, 0.5) is 4.79 Å². The number of alkyl carbamates (subject to hydrolysis) is 1. The summed E-state index contributed by atoms with van der Waals surface area (Å²) in [5.74, 6) is -1.87. The third-order valence-electron chi connectivity index (χ3n) is 7.36. The first-order chi connectivity index (χ1) is 22.0. The Morgan fingerprint density at radius 3 is 1.87 bits per heavy atom. The number of nitrogens with one attached hydrogen (secondary N) is 4. The van der Waals surface area contributed by atoms with Crippen molar-refractivity contribution in [1.29, 1.82) is 0 Å². The third kappa shape index (κ3) is 12.4. The quantitative estimate of drug-likeness (QED) is 0.159. The Balaban J connectivity index is 1.70. The van der Waals surface area contributed by atoms with Gasteiger partial charge in [0.2, 0.25) is 17.7 Å². The van der Waals surface area contributed by atoms with Crippen LogP contribution in [0.5, 0.6) is 5.75 Å². The second-order valence-corrected chi connectivity index (χ2v) is 12.1. The number of imide groups is 1. The Hall–Kier alpha value is -4.70. The molecule has 0 aliphatic rings. The second kappa shape index (κ2) is 18.3. The van der Waals surface area contributed by atoms with Gasteiger partial charge in [-0.05, 0) is 60.0 Å².